The number of anilines is 1. The lowest BCUT2D eigenvalue weighted by atomic mass is 10.3. The molecule has 0 fully saturated rings. The van der Waals surface area contributed by atoms with Crippen molar-refractivity contribution in [2.75, 3.05) is 17.7 Å². The normalized spacial score (nSPS) is 10.6. The monoisotopic (exact) mass is 514 g/mol. The number of rotatable bonds is 10. The molecule has 0 radical (unpaired) electrons. The van der Waals surface area contributed by atoms with E-state index in [1.807, 2.05) is 34.9 Å². The second kappa shape index (κ2) is 11.6. The predicted molar refractivity (Wildman–Crippen MR) is 132 cm³/mol. The van der Waals surface area contributed by atoms with Crippen LogP contribution in [0.15, 0.2) is 71.3 Å². The smallest absolute Gasteiger partial charge is 0.258 e. The zero-order valence-corrected chi connectivity index (χ0v) is 20.1. The number of amides is 2. The number of carbonyl (C=O) groups is 2. The van der Waals surface area contributed by atoms with Crippen molar-refractivity contribution in [1.29, 1.82) is 0 Å². The Hall–Kier alpha value is -3.41. The van der Waals surface area contributed by atoms with Gasteiger partial charge < -0.3 is 15.4 Å². The number of hydrogen-bond acceptors (Lipinski definition) is 8. The van der Waals surface area contributed by atoms with E-state index in [2.05, 4.69) is 25.8 Å². The highest BCUT2D eigenvalue weighted by atomic mass is 35.5. The molecule has 0 unspecified atom stereocenters. The Morgan fingerprint density at radius 3 is 2.59 bits per heavy atom. The number of thiazole rings is 1. The molecule has 34 heavy (non-hydrogen) atoms. The van der Waals surface area contributed by atoms with E-state index >= 15 is 0 Å². The molecule has 2 heterocycles. The quantitative estimate of drug-likeness (QED) is 0.309. The topological polar surface area (TPSA) is 111 Å². The minimum atomic E-state index is -0.311. The van der Waals surface area contributed by atoms with Gasteiger partial charge in [-0.15, -0.1) is 21.5 Å². The van der Waals surface area contributed by atoms with E-state index in [1.165, 1.54) is 23.1 Å². The van der Waals surface area contributed by atoms with Crippen LogP contribution in [0.1, 0.15) is 5.82 Å². The van der Waals surface area contributed by atoms with Gasteiger partial charge in [-0.1, -0.05) is 41.6 Å². The van der Waals surface area contributed by atoms with Gasteiger partial charge in [0.15, 0.2) is 22.7 Å². The highest BCUT2D eigenvalue weighted by Gasteiger charge is 2.17. The number of hydrogen-bond donors (Lipinski definition) is 2. The fraction of sp³-hybridized carbons (Fsp3) is 0.136. The van der Waals surface area contributed by atoms with Crippen LogP contribution in [0.25, 0.3) is 5.69 Å². The maximum Gasteiger partial charge on any atom is 0.258 e. The summed E-state index contributed by atoms with van der Waals surface area (Å²) >= 11 is 8.44. The molecule has 0 saturated heterocycles. The molecule has 0 aliphatic heterocycles. The molecule has 174 valence electrons. The Balaban J connectivity index is 1.39. The van der Waals surface area contributed by atoms with E-state index < -0.39 is 0 Å². The first kappa shape index (κ1) is 23.7. The molecule has 2 amide bonds. The Morgan fingerprint density at radius 1 is 1.06 bits per heavy atom. The van der Waals surface area contributed by atoms with Gasteiger partial charge in [-0.05, 0) is 36.4 Å². The van der Waals surface area contributed by atoms with Crippen molar-refractivity contribution < 1.29 is 14.3 Å². The van der Waals surface area contributed by atoms with E-state index in [0.29, 0.717) is 26.9 Å². The van der Waals surface area contributed by atoms with Crippen LogP contribution in [0.4, 0.5) is 5.13 Å². The molecule has 4 aromatic rings. The van der Waals surface area contributed by atoms with Gasteiger partial charge in [0.05, 0.1) is 12.3 Å². The Labute approximate surface area is 208 Å². The second-order valence-corrected chi connectivity index (χ2v) is 9.04. The Morgan fingerprint density at radius 2 is 1.85 bits per heavy atom. The zero-order valence-electron chi connectivity index (χ0n) is 17.7. The highest BCUT2D eigenvalue weighted by molar-refractivity contribution is 7.99. The number of nitrogens with zero attached hydrogens (tertiary/aromatic N) is 4. The fourth-order valence-electron chi connectivity index (χ4n) is 2.82. The van der Waals surface area contributed by atoms with Crippen LogP contribution in [0.3, 0.4) is 0 Å². The first-order valence-electron chi connectivity index (χ1n) is 10.1. The summed E-state index contributed by atoms with van der Waals surface area (Å²) in [5.74, 6) is 0.688. The van der Waals surface area contributed by atoms with Crippen molar-refractivity contribution >= 4 is 51.6 Å². The van der Waals surface area contributed by atoms with Crippen LogP contribution in [-0.2, 0) is 16.1 Å². The number of para-hydroxylation sites is 1. The van der Waals surface area contributed by atoms with Crippen LogP contribution in [0, 0.1) is 0 Å². The number of benzene rings is 2. The summed E-state index contributed by atoms with van der Waals surface area (Å²) in [4.78, 5) is 28.6. The third-order valence-corrected chi connectivity index (χ3v) is 6.22. The first-order chi connectivity index (χ1) is 16.6. The molecule has 9 nitrogen and oxygen atoms in total. The minimum absolute atomic E-state index is 0.131. The van der Waals surface area contributed by atoms with Gasteiger partial charge in [-0.25, -0.2) is 4.98 Å². The minimum Gasteiger partial charge on any atom is -0.484 e. The van der Waals surface area contributed by atoms with Crippen LogP contribution in [0.2, 0.25) is 5.02 Å². The largest absolute Gasteiger partial charge is 0.484 e. The Bertz CT molecular complexity index is 1230. The molecule has 4 rings (SSSR count). The lowest BCUT2D eigenvalue weighted by Gasteiger charge is -2.11. The van der Waals surface area contributed by atoms with Crippen LogP contribution >= 0.6 is 34.7 Å². The molecule has 0 atom stereocenters. The molecule has 0 aliphatic rings. The highest BCUT2D eigenvalue weighted by Crippen LogP contribution is 2.22. The van der Waals surface area contributed by atoms with E-state index in [0.717, 1.165) is 5.69 Å². The SMILES string of the molecule is O=C(COc1ccc(Cl)cc1)NCc1nnc(SCC(=O)Nc2nccs2)n1-c1ccccc1. The number of aromatic nitrogens is 4. The van der Waals surface area contributed by atoms with E-state index in [4.69, 9.17) is 16.3 Å². The zero-order chi connectivity index (χ0) is 23.8. The standard InChI is InChI=1S/C22H19ClN6O3S2/c23-15-6-8-17(9-7-15)32-13-19(30)25-12-18-27-28-22(29(18)16-4-2-1-3-5-16)34-14-20(31)26-21-24-10-11-33-21/h1-11H,12-14H2,(H,25,30)(H,24,26,31). The van der Waals surface area contributed by atoms with Crippen molar-refractivity contribution in [1.82, 2.24) is 25.1 Å². The molecule has 0 spiro atoms. The van der Waals surface area contributed by atoms with Crippen molar-refractivity contribution in [3.05, 3.63) is 77.0 Å². The van der Waals surface area contributed by atoms with Gasteiger partial charge >= 0.3 is 0 Å². The molecule has 2 N–H and O–H groups in total. The van der Waals surface area contributed by atoms with Crippen molar-refractivity contribution in [3.63, 3.8) is 0 Å². The predicted octanol–water partition coefficient (Wildman–Crippen LogP) is 3.80. The second-order valence-electron chi connectivity index (χ2n) is 6.76. The van der Waals surface area contributed by atoms with E-state index in [1.54, 1.807) is 35.8 Å². The molecular formula is C22H19ClN6O3S2. The maximum absolute atomic E-state index is 12.3. The van der Waals surface area contributed by atoms with Crippen LogP contribution in [-0.4, -0.2) is 43.9 Å². The van der Waals surface area contributed by atoms with Gasteiger partial charge in [-0.3, -0.25) is 14.2 Å². The van der Waals surface area contributed by atoms with Gasteiger partial charge in [0, 0.05) is 22.3 Å². The fourth-order valence-corrected chi connectivity index (χ4v) is 4.27. The van der Waals surface area contributed by atoms with E-state index in [9.17, 15) is 9.59 Å². The van der Waals surface area contributed by atoms with E-state index in [-0.39, 0.29) is 30.7 Å². The first-order valence-corrected chi connectivity index (χ1v) is 12.3. The number of thioether (sulfide) groups is 1. The summed E-state index contributed by atoms with van der Waals surface area (Å²) in [5.41, 5.74) is 0.817. The van der Waals surface area contributed by atoms with Crippen LogP contribution < -0.4 is 15.4 Å². The molecular weight excluding hydrogens is 496 g/mol. The third kappa shape index (κ3) is 6.56. The average Bonchev–Trinajstić information content (AvgIpc) is 3.51. The lowest BCUT2D eigenvalue weighted by Crippen LogP contribution is -2.29. The summed E-state index contributed by atoms with van der Waals surface area (Å²) in [6.45, 7) is -0.0176. The summed E-state index contributed by atoms with van der Waals surface area (Å²) in [6.07, 6.45) is 1.63. The number of ether oxygens (including phenoxy) is 1. The number of carbonyl (C=O) groups excluding carboxylic acids is 2. The van der Waals surface area contributed by atoms with Crippen LogP contribution in [0.5, 0.6) is 5.75 Å². The molecule has 2 aromatic heterocycles. The summed E-state index contributed by atoms with van der Waals surface area (Å²) in [6, 6.07) is 16.2. The van der Waals surface area contributed by atoms with Crippen molar-refractivity contribution in [2.45, 2.75) is 11.7 Å². The Kier molecular flexibility index (Phi) is 8.12. The van der Waals surface area contributed by atoms with Gasteiger partial charge in [0.25, 0.3) is 5.91 Å². The summed E-state index contributed by atoms with van der Waals surface area (Å²) in [5, 5.41) is 17.4. The van der Waals surface area contributed by atoms with Crippen molar-refractivity contribution in [2.24, 2.45) is 0 Å². The maximum atomic E-state index is 12.3. The summed E-state index contributed by atoms with van der Waals surface area (Å²) < 4.78 is 7.28. The number of nitrogens with one attached hydrogen (secondary N) is 2. The molecule has 0 saturated carbocycles. The van der Waals surface area contributed by atoms with Gasteiger partial charge in [0.2, 0.25) is 5.91 Å². The number of halogens is 1. The third-order valence-electron chi connectivity index (χ3n) is 4.35. The molecule has 0 aliphatic carbocycles. The van der Waals surface area contributed by atoms with Gasteiger partial charge in [0.1, 0.15) is 5.75 Å². The molecule has 2 aromatic carbocycles. The summed E-state index contributed by atoms with van der Waals surface area (Å²) in [7, 11) is 0. The molecule has 12 heteroatoms. The average molecular weight is 515 g/mol. The lowest BCUT2D eigenvalue weighted by molar-refractivity contribution is -0.123. The van der Waals surface area contributed by atoms with Gasteiger partial charge in [-0.2, -0.15) is 0 Å². The van der Waals surface area contributed by atoms with Crippen molar-refractivity contribution in [3.8, 4) is 11.4 Å². The molecule has 0 bridgehead atoms.